The van der Waals surface area contributed by atoms with E-state index in [4.69, 9.17) is 21.0 Å². The Kier molecular flexibility index (Phi) is 6.65. The van der Waals surface area contributed by atoms with Gasteiger partial charge in [-0.2, -0.15) is 0 Å². The predicted molar refractivity (Wildman–Crippen MR) is 97.3 cm³/mol. The summed E-state index contributed by atoms with van der Waals surface area (Å²) in [4.78, 5) is 13.4. The molecule has 0 amide bonds. The number of aromatic nitrogens is 1. The van der Waals surface area contributed by atoms with Gasteiger partial charge in [-0.25, -0.2) is 0 Å². The summed E-state index contributed by atoms with van der Waals surface area (Å²) in [6.07, 6.45) is 2.24. The van der Waals surface area contributed by atoms with Crippen molar-refractivity contribution in [1.29, 1.82) is 5.41 Å². The maximum atomic E-state index is 9.00. The lowest BCUT2D eigenvalue weighted by molar-refractivity contribution is -0.134. The average molecular weight is 327 g/mol. The number of aliphatic carboxylic acids is 1. The maximum Gasteiger partial charge on any atom is 0.300 e. The maximum absolute atomic E-state index is 9.00. The summed E-state index contributed by atoms with van der Waals surface area (Å²) >= 11 is 0. The van der Waals surface area contributed by atoms with E-state index in [1.165, 1.54) is 5.56 Å². The van der Waals surface area contributed by atoms with Crippen LogP contribution in [0.4, 0.5) is 0 Å². The summed E-state index contributed by atoms with van der Waals surface area (Å²) in [7, 11) is 0. The number of nitrogens with one attached hydrogen (secondary N) is 1. The smallest absolute Gasteiger partial charge is 0.300 e. The van der Waals surface area contributed by atoms with Crippen molar-refractivity contribution in [3.8, 4) is 11.3 Å². The Hall–Kier alpha value is -2.69. The van der Waals surface area contributed by atoms with E-state index in [1.807, 2.05) is 12.1 Å². The Morgan fingerprint density at radius 1 is 1.17 bits per heavy atom. The molecule has 0 spiro atoms. The van der Waals surface area contributed by atoms with E-state index in [2.05, 4.69) is 50.0 Å². The number of benzene rings is 1. The van der Waals surface area contributed by atoms with Crippen molar-refractivity contribution in [2.75, 3.05) is 0 Å². The van der Waals surface area contributed by atoms with Crippen molar-refractivity contribution in [2.45, 2.75) is 39.5 Å². The number of carboxylic acids is 1. The van der Waals surface area contributed by atoms with Crippen LogP contribution in [0.2, 0.25) is 0 Å². The molecule has 2 rings (SSSR count). The third-order valence-electron chi connectivity index (χ3n) is 3.27. The van der Waals surface area contributed by atoms with Crippen LogP contribution in [0, 0.1) is 5.41 Å². The summed E-state index contributed by atoms with van der Waals surface area (Å²) in [5.41, 5.74) is 9.88. The number of amidine groups is 1. The Morgan fingerprint density at radius 3 is 2.08 bits per heavy atom. The minimum atomic E-state index is -0.833. The first-order valence-electron chi connectivity index (χ1n) is 7.68. The summed E-state index contributed by atoms with van der Waals surface area (Å²) in [5, 5.41) is 14.7. The van der Waals surface area contributed by atoms with Crippen LogP contribution in [0.15, 0.2) is 42.6 Å². The van der Waals surface area contributed by atoms with Crippen LogP contribution < -0.4 is 5.73 Å². The molecule has 0 radical (unpaired) electrons. The first-order valence-corrected chi connectivity index (χ1v) is 7.68. The molecule has 0 saturated carbocycles. The molecular weight excluding hydrogens is 302 g/mol. The van der Waals surface area contributed by atoms with Crippen LogP contribution in [-0.4, -0.2) is 21.9 Å². The predicted octanol–water partition coefficient (Wildman–Crippen LogP) is 3.62. The van der Waals surface area contributed by atoms with E-state index in [-0.39, 0.29) is 11.3 Å². The van der Waals surface area contributed by atoms with Gasteiger partial charge in [0.15, 0.2) is 0 Å². The van der Waals surface area contributed by atoms with E-state index in [0.29, 0.717) is 6.42 Å². The fourth-order valence-electron chi connectivity index (χ4n) is 2.06. The van der Waals surface area contributed by atoms with Crippen molar-refractivity contribution in [2.24, 2.45) is 5.73 Å². The molecule has 0 atom stereocenters. The van der Waals surface area contributed by atoms with Crippen molar-refractivity contribution < 1.29 is 9.90 Å². The zero-order valence-electron chi connectivity index (χ0n) is 14.6. The van der Waals surface area contributed by atoms with Crippen LogP contribution in [0.5, 0.6) is 0 Å². The lowest BCUT2D eigenvalue weighted by atomic mass is 9.86. The highest BCUT2D eigenvalue weighted by molar-refractivity contribution is 5.79. The zero-order chi connectivity index (χ0) is 18.3. The van der Waals surface area contributed by atoms with E-state index in [0.717, 1.165) is 23.7 Å². The number of pyridine rings is 1. The second-order valence-electron chi connectivity index (χ2n) is 6.60. The third-order valence-corrected chi connectivity index (χ3v) is 3.27. The average Bonchev–Trinajstić information content (AvgIpc) is 2.46. The summed E-state index contributed by atoms with van der Waals surface area (Å²) < 4.78 is 0. The largest absolute Gasteiger partial charge is 0.481 e. The molecular formula is C19H25N3O2. The number of rotatable bonds is 3. The van der Waals surface area contributed by atoms with Crippen LogP contribution in [0.25, 0.3) is 11.3 Å². The summed E-state index contributed by atoms with van der Waals surface area (Å²) in [6, 6.07) is 12.5. The van der Waals surface area contributed by atoms with Crippen LogP contribution in [-0.2, 0) is 16.6 Å². The molecule has 1 aromatic heterocycles. The number of nitrogens with zero attached hydrogens (tertiary/aromatic N) is 1. The topological polar surface area (TPSA) is 100 Å². The summed E-state index contributed by atoms with van der Waals surface area (Å²) in [5.74, 6) is -0.672. The third kappa shape index (κ3) is 6.60. The molecule has 1 aromatic carbocycles. The van der Waals surface area contributed by atoms with Gasteiger partial charge in [0.1, 0.15) is 0 Å². The van der Waals surface area contributed by atoms with Gasteiger partial charge in [-0.15, -0.1) is 0 Å². The normalized spacial score (nSPS) is 10.5. The molecule has 4 N–H and O–H groups in total. The molecule has 0 saturated heterocycles. The molecule has 1 heterocycles. The molecule has 5 nitrogen and oxygen atoms in total. The van der Waals surface area contributed by atoms with Gasteiger partial charge >= 0.3 is 0 Å². The van der Waals surface area contributed by atoms with E-state index >= 15 is 0 Å². The molecule has 128 valence electrons. The van der Waals surface area contributed by atoms with Crippen molar-refractivity contribution in [3.63, 3.8) is 0 Å². The second kappa shape index (κ2) is 8.24. The van der Waals surface area contributed by atoms with Crippen molar-refractivity contribution in [1.82, 2.24) is 4.98 Å². The number of carbonyl (C=O) groups is 1. The molecule has 0 aliphatic rings. The van der Waals surface area contributed by atoms with E-state index < -0.39 is 5.97 Å². The fraction of sp³-hybridized carbons (Fsp3) is 0.316. The Morgan fingerprint density at radius 2 is 1.71 bits per heavy atom. The molecule has 24 heavy (non-hydrogen) atoms. The minimum Gasteiger partial charge on any atom is -0.481 e. The summed E-state index contributed by atoms with van der Waals surface area (Å²) in [6.45, 7) is 7.70. The second-order valence-corrected chi connectivity index (χ2v) is 6.60. The van der Waals surface area contributed by atoms with Crippen LogP contribution in [0.1, 0.15) is 38.8 Å². The first kappa shape index (κ1) is 19.4. The molecule has 5 heteroatoms. The Bertz CT molecular complexity index is 680. The minimum absolute atomic E-state index is 0.161. The lowest BCUT2D eigenvalue weighted by Crippen LogP contribution is -2.12. The highest BCUT2D eigenvalue weighted by Crippen LogP contribution is 2.25. The SMILES string of the molecule is CC(=O)O.CC(C)(C)c1ccc(-c2ccc(CC(=N)N)cn2)cc1. The Labute approximate surface area is 143 Å². The van der Waals surface area contributed by atoms with Gasteiger partial charge in [0.2, 0.25) is 0 Å². The van der Waals surface area contributed by atoms with Gasteiger partial charge in [0, 0.05) is 25.1 Å². The molecule has 2 aromatic rings. The van der Waals surface area contributed by atoms with Gasteiger partial charge in [0.05, 0.1) is 11.5 Å². The van der Waals surface area contributed by atoms with Crippen molar-refractivity contribution in [3.05, 3.63) is 53.7 Å². The molecule has 0 aliphatic carbocycles. The number of nitrogens with two attached hydrogens (primary N) is 1. The number of carboxylic acid groups (broad SMARTS) is 1. The molecule has 0 aliphatic heterocycles. The van der Waals surface area contributed by atoms with Crippen molar-refractivity contribution >= 4 is 11.8 Å². The standard InChI is InChI=1S/C17H21N3.C2H4O2/c1-17(2,3)14-7-5-13(6-8-14)15-9-4-12(11-20-15)10-16(18)19;1-2(3)4/h4-9,11H,10H2,1-3H3,(H3,18,19);1H3,(H,3,4). The van der Waals surface area contributed by atoms with E-state index in [9.17, 15) is 0 Å². The van der Waals surface area contributed by atoms with E-state index in [1.54, 1.807) is 6.20 Å². The highest BCUT2D eigenvalue weighted by Gasteiger charge is 2.13. The van der Waals surface area contributed by atoms with Gasteiger partial charge in [-0.3, -0.25) is 15.2 Å². The van der Waals surface area contributed by atoms with Gasteiger partial charge in [-0.05, 0) is 22.6 Å². The monoisotopic (exact) mass is 327 g/mol. The first-order chi connectivity index (χ1) is 11.1. The molecule has 0 fully saturated rings. The van der Waals surface area contributed by atoms with Gasteiger partial charge in [0.25, 0.3) is 5.97 Å². The van der Waals surface area contributed by atoms with Gasteiger partial charge in [-0.1, -0.05) is 51.1 Å². The molecule has 0 bridgehead atoms. The van der Waals surface area contributed by atoms with Crippen LogP contribution >= 0.6 is 0 Å². The lowest BCUT2D eigenvalue weighted by Gasteiger charge is -2.19. The Balaban J connectivity index is 0.000000648. The highest BCUT2D eigenvalue weighted by atomic mass is 16.4. The zero-order valence-corrected chi connectivity index (χ0v) is 14.6. The number of hydrogen-bond acceptors (Lipinski definition) is 3. The number of hydrogen-bond donors (Lipinski definition) is 3. The fourth-order valence-corrected chi connectivity index (χ4v) is 2.06. The van der Waals surface area contributed by atoms with Crippen LogP contribution in [0.3, 0.4) is 0 Å². The quantitative estimate of drug-likeness (QED) is 0.592. The van der Waals surface area contributed by atoms with Gasteiger partial charge < -0.3 is 10.8 Å². The molecule has 0 unspecified atom stereocenters.